The second kappa shape index (κ2) is 17.3. The van der Waals surface area contributed by atoms with Gasteiger partial charge >= 0.3 is 29.6 Å². The Hall–Kier alpha value is -2.72. The van der Waals surface area contributed by atoms with Gasteiger partial charge in [0.25, 0.3) is 0 Å². The van der Waals surface area contributed by atoms with Gasteiger partial charge in [-0.25, -0.2) is 0 Å². The van der Waals surface area contributed by atoms with Crippen LogP contribution in [0.2, 0.25) is 0 Å². The van der Waals surface area contributed by atoms with Crippen LogP contribution in [0.3, 0.4) is 0 Å². The molecule has 4 rings (SSSR count). The van der Waals surface area contributed by atoms with E-state index in [4.69, 9.17) is 9.47 Å². The molecule has 14 heteroatoms. The summed E-state index contributed by atoms with van der Waals surface area (Å²) >= 11 is 0. The van der Waals surface area contributed by atoms with Crippen molar-refractivity contribution in [2.24, 2.45) is 0 Å². The van der Waals surface area contributed by atoms with Gasteiger partial charge in [0.2, 0.25) is 11.7 Å². The minimum atomic E-state index is -2.43. The molecule has 1 aliphatic heterocycles. The molecule has 1 saturated heterocycles. The number of carbonyl (C=O) groups excluding carboxylic acids is 2. The molecule has 0 unspecified atom stereocenters. The predicted molar refractivity (Wildman–Crippen MR) is 157 cm³/mol. The summed E-state index contributed by atoms with van der Waals surface area (Å²) in [5.74, 6) is -4.71. The Bertz CT molecular complexity index is 1360. The topological polar surface area (TPSA) is 191 Å². The van der Waals surface area contributed by atoms with Gasteiger partial charge in [-0.05, 0) is 30.5 Å². The fourth-order valence-corrected chi connectivity index (χ4v) is 5.17. The summed E-state index contributed by atoms with van der Waals surface area (Å²) in [7, 11) is 0. The number of carboxylic acid groups (broad SMARTS) is 1. The van der Waals surface area contributed by atoms with Crippen molar-refractivity contribution in [3.63, 3.8) is 0 Å². The first-order valence-electron chi connectivity index (χ1n) is 14.7. The molecule has 2 aromatic carbocycles. The number of nitrogens with one attached hydrogen (secondary N) is 2. The number of aliphatic carboxylic acids is 1. The number of benzene rings is 2. The zero-order chi connectivity index (χ0) is 31.7. The van der Waals surface area contributed by atoms with Crippen LogP contribution >= 0.6 is 0 Å². The minimum absolute atomic E-state index is 0. The Morgan fingerprint density at radius 2 is 1.80 bits per heavy atom. The van der Waals surface area contributed by atoms with E-state index < -0.39 is 54.5 Å². The molecule has 0 bridgehead atoms. The number of rotatable bonds is 15. The van der Waals surface area contributed by atoms with Crippen molar-refractivity contribution in [2.45, 2.75) is 75.9 Å². The number of aromatic nitrogens is 3. The monoisotopic (exact) mass is 633 g/mol. The quantitative estimate of drug-likeness (QED) is 0.0839. The SMILES string of the molecule is CCCNC[C@@H](O)[C@@H](O)[C@@H]1O[C@@](OCCCn2cc(-c3ccc(-c4ccccc4)cc3)nn2)(C(=O)[O-])C[C@H](O)[C@H]1NC(C)=O.[Na+]. The molecule has 1 fully saturated rings. The average molecular weight is 634 g/mol. The van der Waals surface area contributed by atoms with Crippen molar-refractivity contribution in [3.8, 4) is 22.4 Å². The molecule has 0 aliphatic carbocycles. The van der Waals surface area contributed by atoms with Crippen molar-refractivity contribution in [1.29, 1.82) is 0 Å². The number of carbonyl (C=O) groups is 2. The minimum Gasteiger partial charge on any atom is -0.544 e. The van der Waals surface area contributed by atoms with Crippen molar-refractivity contribution in [2.75, 3.05) is 19.7 Å². The third-order valence-electron chi connectivity index (χ3n) is 7.46. The molecule has 1 amide bonds. The fourth-order valence-electron chi connectivity index (χ4n) is 5.17. The molecule has 0 radical (unpaired) electrons. The number of hydrogen-bond acceptors (Lipinski definition) is 11. The molecule has 3 aromatic rings. The van der Waals surface area contributed by atoms with Crippen LogP contribution in [0, 0.1) is 0 Å². The number of aliphatic hydroxyl groups excluding tert-OH is 3. The van der Waals surface area contributed by atoms with E-state index in [1.165, 1.54) is 6.92 Å². The van der Waals surface area contributed by atoms with E-state index in [0.29, 0.717) is 25.2 Å². The Morgan fingerprint density at radius 1 is 1.13 bits per heavy atom. The molecule has 5 N–H and O–H groups in total. The van der Waals surface area contributed by atoms with E-state index in [-0.39, 0.29) is 42.7 Å². The molecular weight excluding hydrogens is 593 g/mol. The molecule has 0 spiro atoms. The van der Waals surface area contributed by atoms with Gasteiger partial charge in [0.15, 0.2) is 0 Å². The Kier molecular flexibility index (Phi) is 14.1. The van der Waals surface area contributed by atoms with Crippen LogP contribution in [0.5, 0.6) is 0 Å². The zero-order valence-corrected chi connectivity index (χ0v) is 27.8. The van der Waals surface area contributed by atoms with Crippen LogP contribution in [-0.4, -0.2) is 98.1 Å². The van der Waals surface area contributed by atoms with Gasteiger partial charge < -0.3 is 45.3 Å². The Morgan fingerprint density at radius 3 is 2.44 bits per heavy atom. The third kappa shape index (κ3) is 9.64. The molecular formula is C31H40N5NaO8. The van der Waals surface area contributed by atoms with E-state index in [9.17, 15) is 30.0 Å². The number of amides is 1. The molecule has 2 heterocycles. The number of nitrogens with zero attached hydrogens (tertiary/aromatic N) is 3. The molecule has 0 saturated carbocycles. The summed E-state index contributed by atoms with van der Waals surface area (Å²) in [5.41, 5.74) is 3.75. The molecule has 1 aliphatic rings. The number of hydrogen-bond donors (Lipinski definition) is 5. The first-order chi connectivity index (χ1) is 21.1. The van der Waals surface area contributed by atoms with E-state index in [1.807, 2.05) is 61.5 Å². The van der Waals surface area contributed by atoms with Crippen molar-refractivity contribution in [1.82, 2.24) is 25.6 Å². The summed E-state index contributed by atoms with van der Waals surface area (Å²) in [6.07, 6.45) is -3.75. The first kappa shape index (κ1) is 36.7. The first-order valence-corrected chi connectivity index (χ1v) is 14.7. The van der Waals surface area contributed by atoms with E-state index >= 15 is 0 Å². The van der Waals surface area contributed by atoms with Crippen LogP contribution in [-0.2, 0) is 25.6 Å². The molecule has 13 nitrogen and oxygen atoms in total. The van der Waals surface area contributed by atoms with Crippen molar-refractivity contribution < 1.29 is 69.0 Å². The van der Waals surface area contributed by atoms with Crippen LogP contribution < -0.4 is 45.3 Å². The predicted octanol–water partition coefficient (Wildman–Crippen LogP) is -3.16. The van der Waals surface area contributed by atoms with Gasteiger partial charge in [-0.15, -0.1) is 5.10 Å². The summed E-state index contributed by atoms with van der Waals surface area (Å²) < 4.78 is 13.0. The fraction of sp³-hybridized carbons (Fsp3) is 0.484. The van der Waals surface area contributed by atoms with Gasteiger partial charge in [0.05, 0.1) is 31.1 Å². The van der Waals surface area contributed by atoms with Crippen LogP contribution in [0.25, 0.3) is 22.4 Å². The van der Waals surface area contributed by atoms with E-state index in [2.05, 4.69) is 20.9 Å². The van der Waals surface area contributed by atoms with Crippen molar-refractivity contribution in [3.05, 3.63) is 60.8 Å². The molecule has 1 aromatic heterocycles. The van der Waals surface area contributed by atoms with E-state index in [0.717, 1.165) is 23.1 Å². The van der Waals surface area contributed by atoms with Gasteiger partial charge in [0.1, 0.15) is 23.9 Å². The zero-order valence-electron chi connectivity index (χ0n) is 25.8. The summed E-state index contributed by atoms with van der Waals surface area (Å²) in [5, 5.41) is 58.4. The molecule has 45 heavy (non-hydrogen) atoms. The maximum absolute atomic E-state index is 12.3. The largest absolute Gasteiger partial charge is 1.00 e. The molecule has 238 valence electrons. The number of carboxylic acids is 1. The number of ether oxygens (including phenoxy) is 2. The maximum atomic E-state index is 12.3. The maximum Gasteiger partial charge on any atom is 1.00 e. The molecule has 6 atom stereocenters. The normalized spacial score (nSPS) is 22.6. The van der Waals surface area contributed by atoms with Crippen LogP contribution in [0.1, 0.15) is 33.1 Å². The Labute approximate surface area is 284 Å². The third-order valence-corrected chi connectivity index (χ3v) is 7.46. The van der Waals surface area contributed by atoms with Gasteiger partial charge in [-0.1, -0.05) is 66.7 Å². The van der Waals surface area contributed by atoms with Gasteiger partial charge in [0, 0.05) is 32.0 Å². The second-order valence-corrected chi connectivity index (χ2v) is 10.9. The summed E-state index contributed by atoms with van der Waals surface area (Å²) in [4.78, 5) is 24.1. The average Bonchev–Trinajstić information content (AvgIpc) is 3.49. The van der Waals surface area contributed by atoms with E-state index in [1.54, 1.807) is 10.9 Å². The summed E-state index contributed by atoms with van der Waals surface area (Å²) in [6, 6.07) is 16.8. The number of aryl methyl sites for hydroxylation is 1. The second-order valence-electron chi connectivity index (χ2n) is 10.9. The van der Waals surface area contributed by atoms with Crippen molar-refractivity contribution >= 4 is 11.9 Å². The standard InChI is InChI=1S/C31H41N5O8.Na/c1-3-14-32-18-26(39)28(40)29-27(33-20(2)37)25(38)17-31(44-29,30(41)42)43-16-7-15-36-19-24(34-35-36)23-12-10-22(11-13-23)21-8-5-4-6-9-21;/h4-6,8-13,19,25-29,32,38-40H,3,7,14-18H2,1-2H3,(H,33,37)(H,41,42);/q;+1/p-1/t25-,26+,27+,28+,29+,31+;/m0./s1. The van der Waals surface area contributed by atoms with Crippen LogP contribution in [0.4, 0.5) is 0 Å². The summed E-state index contributed by atoms with van der Waals surface area (Å²) in [6.45, 7) is 3.91. The number of aliphatic hydroxyl groups is 3. The Balaban J connectivity index is 0.00000552. The van der Waals surface area contributed by atoms with Crippen LogP contribution in [0.15, 0.2) is 60.8 Å². The smallest absolute Gasteiger partial charge is 0.544 e. The van der Waals surface area contributed by atoms with Gasteiger partial charge in [-0.3, -0.25) is 9.48 Å². The van der Waals surface area contributed by atoms with Gasteiger partial charge in [-0.2, -0.15) is 0 Å².